The molecule has 0 aliphatic heterocycles. The third-order valence-corrected chi connectivity index (χ3v) is 3.42. The van der Waals surface area contributed by atoms with E-state index in [-0.39, 0.29) is 5.91 Å². The van der Waals surface area contributed by atoms with Gasteiger partial charge in [0.25, 0.3) is 5.91 Å². The van der Waals surface area contributed by atoms with E-state index in [9.17, 15) is 4.79 Å². The molecule has 1 unspecified atom stereocenters. The van der Waals surface area contributed by atoms with Gasteiger partial charge >= 0.3 is 0 Å². The van der Waals surface area contributed by atoms with Gasteiger partial charge in [-0.2, -0.15) is 0 Å². The molecular weight excluding hydrogens is 232 g/mol. The predicted molar refractivity (Wildman–Crippen MR) is 73.4 cm³/mol. The summed E-state index contributed by atoms with van der Waals surface area (Å²) >= 11 is 1.67. The lowest BCUT2D eigenvalue weighted by atomic mass is 10.1. The van der Waals surface area contributed by atoms with E-state index in [1.54, 1.807) is 16.7 Å². The third-order valence-electron chi connectivity index (χ3n) is 2.67. The Kier molecular flexibility index (Phi) is 5.51. The van der Waals surface area contributed by atoms with Crippen molar-refractivity contribution in [2.75, 3.05) is 26.4 Å². The SMILES string of the molecule is CSc1ccc(C(=O)N(C)CC(C)CN)cc1. The van der Waals surface area contributed by atoms with Gasteiger partial charge in [0.05, 0.1) is 0 Å². The van der Waals surface area contributed by atoms with Gasteiger partial charge in [-0.3, -0.25) is 4.79 Å². The van der Waals surface area contributed by atoms with Crippen LogP contribution in [0.15, 0.2) is 29.2 Å². The monoisotopic (exact) mass is 252 g/mol. The molecule has 1 amide bonds. The topological polar surface area (TPSA) is 46.3 Å². The van der Waals surface area contributed by atoms with Crippen LogP contribution in [0.2, 0.25) is 0 Å². The second kappa shape index (κ2) is 6.67. The maximum absolute atomic E-state index is 12.1. The average Bonchev–Trinajstić information content (AvgIpc) is 2.37. The molecule has 1 aromatic rings. The lowest BCUT2D eigenvalue weighted by Crippen LogP contribution is -2.33. The highest BCUT2D eigenvalue weighted by Gasteiger charge is 2.13. The van der Waals surface area contributed by atoms with Gasteiger partial charge in [-0.15, -0.1) is 11.8 Å². The minimum absolute atomic E-state index is 0.0537. The van der Waals surface area contributed by atoms with Crippen molar-refractivity contribution in [1.29, 1.82) is 0 Å². The predicted octanol–water partition coefficient (Wildman–Crippen LogP) is 2.08. The summed E-state index contributed by atoms with van der Waals surface area (Å²) in [5.41, 5.74) is 6.29. The number of hydrogen-bond donors (Lipinski definition) is 1. The fraction of sp³-hybridized carbons (Fsp3) is 0.462. The second-order valence-electron chi connectivity index (χ2n) is 4.26. The molecule has 0 aromatic heterocycles. The summed E-state index contributed by atoms with van der Waals surface area (Å²) in [7, 11) is 1.82. The molecule has 17 heavy (non-hydrogen) atoms. The fourth-order valence-electron chi connectivity index (χ4n) is 1.58. The summed E-state index contributed by atoms with van der Waals surface area (Å²) in [5.74, 6) is 0.382. The molecular formula is C13H20N2OS. The second-order valence-corrected chi connectivity index (χ2v) is 5.13. The molecule has 0 aliphatic carbocycles. The zero-order chi connectivity index (χ0) is 12.8. The number of amides is 1. The molecule has 0 bridgehead atoms. The number of carbonyl (C=O) groups is 1. The molecule has 0 fully saturated rings. The van der Waals surface area contributed by atoms with E-state index < -0.39 is 0 Å². The van der Waals surface area contributed by atoms with Crippen LogP contribution >= 0.6 is 11.8 Å². The lowest BCUT2D eigenvalue weighted by Gasteiger charge is -2.20. The summed E-state index contributed by atoms with van der Waals surface area (Å²) in [4.78, 5) is 15.0. The van der Waals surface area contributed by atoms with Gasteiger partial charge in [-0.25, -0.2) is 0 Å². The first kappa shape index (κ1) is 14.1. The zero-order valence-electron chi connectivity index (χ0n) is 10.6. The van der Waals surface area contributed by atoms with Crippen molar-refractivity contribution in [1.82, 2.24) is 4.90 Å². The van der Waals surface area contributed by atoms with Gasteiger partial charge in [0.15, 0.2) is 0 Å². The third kappa shape index (κ3) is 4.06. The molecule has 1 atom stereocenters. The van der Waals surface area contributed by atoms with Crippen molar-refractivity contribution in [3.63, 3.8) is 0 Å². The van der Waals surface area contributed by atoms with E-state index in [4.69, 9.17) is 5.73 Å². The Morgan fingerprint density at radius 1 is 1.41 bits per heavy atom. The van der Waals surface area contributed by atoms with E-state index in [2.05, 4.69) is 0 Å². The quantitative estimate of drug-likeness (QED) is 0.816. The number of rotatable bonds is 5. The zero-order valence-corrected chi connectivity index (χ0v) is 11.5. The molecule has 0 saturated heterocycles. The summed E-state index contributed by atoms with van der Waals surface area (Å²) in [6.07, 6.45) is 2.02. The van der Waals surface area contributed by atoms with Crippen molar-refractivity contribution in [3.05, 3.63) is 29.8 Å². The average molecular weight is 252 g/mol. The number of nitrogens with zero attached hydrogens (tertiary/aromatic N) is 1. The lowest BCUT2D eigenvalue weighted by molar-refractivity contribution is 0.0777. The van der Waals surface area contributed by atoms with E-state index in [1.165, 1.54) is 4.90 Å². The van der Waals surface area contributed by atoms with Crippen molar-refractivity contribution < 1.29 is 4.79 Å². The summed E-state index contributed by atoms with van der Waals surface area (Å²) < 4.78 is 0. The number of thioether (sulfide) groups is 1. The minimum Gasteiger partial charge on any atom is -0.341 e. The van der Waals surface area contributed by atoms with Crippen molar-refractivity contribution in [3.8, 4) is 0 Å². The van der Waals surface area contributed by atoms with Gasteiger partial charge in [0.1, 0.15) is 0 Å². The molecule has 0 radical (unpaired) electrons. The Balaban J connectivity index is 2.67. The van der Waals surface area contributed by atoms with E-state index in [0.29, 0.717) is 19.0 Å². The Hall–Kier alpha value is -1.00. The highest BCUT2D eigenvalue weighted by molar-refractivity contribution is 7.98. The molecule has 4 heteroatoms. The standard InChI is InChI=1S/C13H20N2OS/c1-10(8-14)9-15(2)13(16)11-4-6-12(17-3)7-5-11/h4-7,10H,8-9,14H2,1-3H3. The molecule has 94 valence electrons. The first-order chi connectivity index (χ1) is 8.08. The van der Waals surface area contributed by atoms with Crippen molar-refractivity contribution in [2.24, 2.45) is 11.7 Å². The Morgan fingerprint density at radius 2 is 2.00 bits per heavy atom. The van der Waals surface area contributed by atoms with Crippen LogP contribution in [0.5, 0.6) is 0 Å². The van der Waals surface area contributed by atoms with Crippen LogP contribution < -0.4 is 5.73 Å². The van der Waals surface area contributed by atoms with Gasteiger partial charge in [0, 0.05) is 24.1 Å². The van der Waals surface area contributed by atoms with E-state index in [1.807, 2.05) is 44.5 Å². The molecule has 2 N–H and O–H groups in total. The van der Waals surface area contributed by atoms with Gasteiger partial charge in [-0.05, 0) is 43.0 Å². The molecule has 0 heterocycles. The maximum atomic E-state index is 12.1. The van der Waals surface area contributed by atoms with Crippen LogP contribution in [0.1, 0.15) is 17.3 Å². The Morgan fingerprint density at radius 3 is 2.47 bits per heavy atom. The van der Waals surface area contributed by atoms with Crippen LogP contribution in [-0.2, 0) is 0 Å². The van der Waals surface area contributed by atoms with Crippen LogP contribution in [0.25, 0.3) is 0 Å². The van der Waals surface area contributed by atoms with E-state index in [0.717, 1.165) is 5.56 Å². The number of nitrogens with two attached hydrogens (primary N) is 1. The van der Waals surface area contributed by atoms with Crippen LogP contribution in [-0.4, -0.2) is 37.2 Å². The van der Waals surface area contributed by atoms with Gasteiger partial charge < -0.3 is 10.6 Å². The molecule has 0 saturated carbocycles. The number of benzene rings is 1. The largest absolute Gasteiger partial charge is 0.341 e. The highest BCUT2D eigenvalue weighted by Crippen LogP contribution is 2.15. The van der Waals surface area contributed by atoms with Crippen LogP contribution in [0.4, 0.5) is 0 Å². The summed E-state index contributed by atoms with van der Waals surface area (Å²) in [6, 6.07) is 7.69. The molecule has 1 aromatic carbocycles. The van der Waals surface area contributed by atoms with Crippen LogP contribution in [0.3, 0.4) is 0 Å². The normalized spacial score (nSPS) is 12.2. The Bertz CT molecular complexity index is 364. The number of hydrogen-bond acceptors (Lipinski definition) is 3. The van der Waals surface area contributed by atoms with Gasteiger partial charge in [0.2, 0.25) is 0 Å². The Labute approximate surface area is 107 Å². The van der Waals surface area contributed by atoms with Gasteiger partial charge in [-0.1, -0.05) is 6.92 Å². The van der Waals surface area contributed by atoms with Crippen LogP contribution in [0, 0.1) is 5.92 Å². The van der Waals surface area contributed by atoms with Crippen molar-refractivity contribution >= 4 is 17.7 Å². The highest BCUT2D eigenvalue weighted by atomic mass is 32.2. The molecule has 0 spiro atoms. The summed E-state index contributed by atoms with van der Waals surface area (Å²) in [5, 5.41) is 0. The van der Waals surface area contributed by atoms with Crippen molar-refractivity contribution in [2.45, 2.75) is 11.8 Å². The summed E-state index contributed by atoms with van der Waals surface area (Å²) in [6.45, 7) is 3.34. The van der Waals surface area contributed by atoms with E-state index >= 15 is 0 Å². The molecule has 0 aliphatic rings. The molecule has 1 rings (SSSR count). The minimum atomic E-state index is 0.0537. The smallest absolute Gasteiger partial charge is 0.253 e. The maximum Gasteiger partial charge on any atom is 0.253 e. The first-order valence-electron chi connectivity index (χ1n) is 5.68. The first-order valence-corrected chi connectivity index (χ1v) is 6.90. The fourth-order valence-corrected chi connectivity index (χ4v) is 1.99. The number of carbonyl (C=O) groups excluding carboxylic acids is 1. The molecule has 3 nitrogen and oxygen atoms in total.